The van der Waals surface area contributed by atoms with Gasteiger partial charge in [-0.1, -0.05) is 24.3 Å². The molecule has 0 aromatic heterocycles. The summed E-state index contributed by atoms with van der Waals surface area (Å²) in [7, 11) is 1.78. The molecule has 0 aliphatic carbocycles. The van der Waals surface area contributed by atoms with Crippen LogP contribution in [0.4, 0.5) is 0 Å². The van der Waals surface area contributed by atoms with E-state index in [4.69, 9.17) is 0 Å². The summed E-state index contributed by atoms with van der Waals surface area (Å²) in [5.74, 6) is 0. The van der Waals surface area contributed by atoms with Gasteiger partial charge >= 0.3 is 0 Å². The molecule has 0 bridgehead atoms. The molecule has 0 amide bonds. The second-order valence-corrected chi connectivity index (χ2v) is 2.54. The fourth-order valence-electron chi connectivity index (χ4n) is 0.291. The van der Waals surface area contributed by atoms with Gasteiger partial charge in [0.1, 0.15) is 0 Å². The summed E-state index contributed by atoms with van der Waals surface area (Å²) in [5, 5.41) is 2.12. The van der Waals surface area contributed by atoms with Crippen molar-refractivity contribution in [3.8, 4) is 0 Å². The Kier molecular flexibility index (Phi) is 5.73. The predicted octanol–water partition coefficient (Wildman–Crippen LogP) is 2.69. The maximum atomic E-state index is 3.84. The third-order valence-corrected chi connectivity index (χ3v) is 1.86. The van der Waals surface area contributed by atoms with E-state index in [1.54, 1.807) is 18.8 Å². The van der Waals surface area contributed by atoms with Crippen molar-refractivity contribution in [2.75, 3.05) is 7.05 Å². The van der Waals surface area contributed by atoms with Crippen LogP contribution in [0, 0.1) is 0 Å². The SMILES string of the molecule is CC/C(C)=C/S/C=N\C. The highest BCUT2D eigenvalue weighted by molar-refractivity contribution is 8.14. The summed E-state index contributed by atoms with van der Waals surface area (Å²) in [4.78, 5) is 3.84. The number of rotatable bonds is 3. The van der Waals surface area contributed by atoms with Crippen LogP contribution >= 0.6 is 11.8 Å². The molecule has 0 aromatic rings. The van der Waals surface area contributed by atoms with Crippen molar-refractivity contribution in [2.45, 2.75) is 20.3 Å². The van der Waals surface area contributed by atoms with Crippen molar-refractivity contribution < 1.29 is 0 Å². The Bertz CT molecular complexity index is 116. The van der Waals surface area contributed by atoms with E-state index >= 15 is 0 Å². The first-order valence-electron chi connectivity index (χ1n) is 3.03. The highest BCUT2D eigenvalue weighted by atomic mass is 32.2. The molecule has 0 aliphatic heterocycles. The minimum Gasteiger partial charge on any atom is -0.289 e. The minimum atomic E-state index is 1.13. The van der Waals surface area contributed by atoms with E-state index in [0.29, 0.717) is 0 Å². The van der Waals surface area contributed by atoms with Crippen molar-refractivity contribution in [3.05, 3.63) is 11.0 Å². The molecule has 0 fully saturated rings. The van der Waals surface area contributed by atoms with Crippen LogP contribution in [0.2, 0.25) is 0 Å². The van der Waals surface area contributed by atoms with Gasteiger partial charge in [0.15, 0.2) is 0 Å². The number of aliphatic imine (C=N–C) groups is 1. The lowest BCUT2D eigenvalue weighted by atomic mass is 10.3. The predicted molar refractivity (Wildman–Crippen MR) is 46.1 cm³/mol. The smallest absolute Gasteiger partial charge is 0.0579 e. The molecule has 0 aliphatic rings. The van der Waals surface area contributed by atoms with Crippen molar-refractivity contribution in [2.24, 2.45) is 4.99 Å². The van der Waals surface area contributed by atoms with Gasteiger partial charge in [0, 0.05) is 7.05 Å². The van der Waals surface area contributed by atoms with Gasteiger partial charge in [0.05, 0.1) is 5.55 Å². The van der Waals surface area contributed by atoms with Gasteiger partial charge in [-0.25, -0.2) is 0 Å². The third kappa shape index (κ3) is 5.63. The largest absolute Gasteiger partial charge is 0.289 e. The fraction of sp³-hybridized carbons (Fsp3) is 0.571. The Morgan fingerprint density at radius 1 is 1.67 bits per heavy atom. The topological polar surface area (TPSA) is 12.4 Å². The Balaban J connectivity index is 3.43. The molecule has 0 rings (SSSR count). The molecule has 0 N–H and O–H groups in total. The van der Waals surface area contributed by atoms with Crippen LogP contribution in [0.5, 0.6) is 0 Å². The normalized spacial score (nSPS) is 13.0. The summed E-state index contributed by atoms with van der Waals surface area (Å²) in [5.41, 5.74) is 3.24. The van der Waals surface area contributed by atoms with Crippen molar-refractivity contribution in [1.29, 1.82) is 0 Å². The molecule has 9 heavy (non-hydrogen) atoms. The zero-order chi connectivity index (χ0) is 7.11. The summed E-state index contributed by atoms with van der Waals surface area (Å²) >= 11 is 1.63. The molecular formula is C7H13NS. The second kappa shape index (κ2) is 5.89. The van der Waals surface area contributed by atoms with Gasteiger partial charge < -0.3 is 0 Å². The zero-order valence-corrected chi connectivity index (χ0v) is 7.03. The summed E-state index contributed by atoms with van der Waals surface area (Å²) < 4.78 is 0. The number of allylic oxidation sites excluding steroid dienone is 1. The van der Waals surface area contributed by atoms with E-state index in [-0.39, 0.29) is 0 Å². The van der Waals surface area contributed by atoms with Gasteiger partial charge in [-0.05, 0) is 18.8 Å². The molecule has 0 atom stereocenters. The van der Waals surface area contributed by atoms with Gasteiger partial charge in [0.2, 0.25) is 0 Å². The maximum Gasteiger partial charge on any atom is 0.0579 e. The highest BCUT2D eigenvalue weighted by Crippen LogP contribution is 2.05. The number of hydrogen-bond donors (Lipinski definition) is 0. The van der Waals surface area contributed by atoms with Crippen LogP contribution in [0.25, 0.3) is 0 Å². The quantitative estimate of drug-likeness (QED) is 0.437. The van der Waals surface area contributed by atoms with Crippen LogP contribution in [0.1, 0.15) is 20.3 Å². The number of nitrogens with zero attached hydrogens (tertiary/aromatic N) is 1. The van der Waals surface area contributed by atoms with Gasteiger partial charge in [-0.2, -0.15) is 0 Å². The van der Waals surface area contributed by atoms with Crippen molar-refractivity contribution in [3.63, 3.8) is 0 Å². The van der Waals surface area contributed by atoms with E-state index in [2.05, 4.69) is 24.2 Å². The summed E-state index contributed by atoms with van der Waals surface area (Å²) in [6.45, 7) is 4.27. The van der Waals surface area contributed by atoms with Crippen LogP contribution in [0.3, 0.4) is 0 Å². The Morgan fingerprint density at radius 3 is 2.78 bits per heavy atom. The van der Waals surface area contributed by atoms with Crippen LogP contribution in [0.15, 0.2) is 16.0 Å². The maximum absolute atomic E-state index is 3.84. The first kappa shape index (κ1) is 8.76. The fourth-order valence-corrected chi connectivity index (χ4v) is 0.872. The Labute approximate surface area is 61.3 Å². The zero-order valence-electron chi connectivity index (χ0n) is 6.22. The molecule has 0 heterocycles. The average Bonchev–Trinajstić information content (AvgIpc) is 1.89. The van der Waals surface area contributed by atoms with Gasteiger partial charge in [-0.15, -0.1) is 0 Å². The second-order valence-electron chi connectivity index (χ2n) is 1.82. The van der Waals surface area contributed by atoms with Crippen molar-refractivity contribution in [1.82, 2.24) is 0 Å². The van der Waals surface area contributed by atoms with E-state index in [1.807, 2.05) is 5.55 Å². The molecule has 2 heteroatoms. The molecule has 1 nitrogen and oxygen atoms in total. The van der Waals surface area contributed by atoms with Crippen molar-refractivity contribution >= 4 is 17.3 Å². The number of hydrogen-bond acceptors (Lipinski definition) is 2. The van der Waals surface area contributed by atoms with Crippen LogP contribution in [-0.4, -0.2) is 12.6 Å². The molecular weight excluding hydrogens is 130 g/mol. The average molecular weight is 143 g/mol. The minimum absolute atomic E-state index is 1.13. The molecule has 0 radical (unpaired) electrons. The third-order valence-electron chi connectivity index (χ3n) is 0.993. The molecule has 0 saturated carbocycles. The molecule has 0 aromatic carbocycles. The van der Waals surface area contributed by atoms with E-state index in [9.17, 15) is 0 Å². The summed E-state index contributed by atoms with van der Waals surface area (Å²) in [6, 6.07) is 0. The molecule has 52 valence electrons. The first-order valence-corrected chi connectivity index (χ1v) is 3.97. The highest BCUT2D eigenvalue weighted by Gasteiger charge is 1.79. The van der Waals surface area contributed by atoms with Crippen LogP contribution in [-0.2, 0) is 0 Å². The van der Waals surface area contributed by atoms with Gasteiger partial charge in [-0.3, -0.25) is 4.99 Å². The first-order chi connectivity index (χ1) is 4.31. The number of thioether (sulfide) groups is 1. The van der Waals surface area contributed by atoms with Crippen LogP contribution < -0.4 is 0 Å². The molecule has 0 spiro atoms. The Hall–Kier alpha value is -0.240. The molecule has 0 unspecified atom stereocenters. The summed E-state index contributed by atoms with van der Waals surface area (Å²) in [6.07, 6.45) is 1.13. The molecule has 0 saturated heterocycles. The van der Waals surface area contributed by atoms with Gasteiger partial charge in [0.25, 0.3) is 0 Å². The van der Waals surface area contributed by atoms with E-state index in [1.165, 1.54) is 5.57 Å². The van der Waals surface area contributed by atoms with E-state index < -0.39 is 0 Å². The Morgan fingerprint density at radius 2 is 2.33 bits per heavy atom. The lowest BCUT2D eigenvalue weighted by molar-refractivity contribution is 1.11. The van der Waals surface area contributed by atoms with E-state index in [0.717, 1.165) is 6.42 Å². The lowest BCUT2D eigenvalue weighted by Crippen LogP contribution is -1.67. The monoisotopic (exact) mass is 143 g/mol. The standard InChI is InChI=1S/C7H13NS/c1-4-7(2)5-9-6-8-3/h5-6H,4H2,1-3H3/b7-5+,8-6-. The lowest BCUT2D eigenvalue weighted by Gasteiger charge is -1.89.